The van der Waals surface area contributed by atoms with E-state index in [-0.39, 0.29) is 5.91 Å². The van der Waals surface area contributed by atoms with Crippen molar-refractivity contribution in [1.29, 1.82) is 5.26 Å². The second kappa shape index (κ2) is 8.04. The SMILES string of the molecule is CC(Sc1nncn1-c1cccc(Cl)c1)C(=O)Nc1cccc(C#N)c1. The average Bonchev–Trinajstić information content (AvgIpc) is 3.10. The van der Waals surface area contributed by atoms with Crippen LogP contribution in [0.1, 0.15) is 12.5 Å². The Bertz CT molecular complexity index is 981. The van der Waals surface area contributed by atoms with Gasteiger partial charge in [-0.2, -0.15) is 5.26 Å². The molecular formula is C18H14ClN5OS. The fraction of sp³-hybridized carbons (Fsp3) is 0.111. The van der Waals surface area contributed by atoms with E-state index in [9.17, 15) is 4.79 Å². The Balaban J connectivity index is 1.72. The summed E-state index contributed by atoms with van der Waals surface area (Å²) < 4.78 is 1.77. The number of amides is 1. The fourth-order valence-electron chi connectivity index (χ4n) is 2.23. The summed E-state index contributed by atoms with van der Waals surface area (Å²) >= 11 is 7.32. The minimum Gasteiger partial charge on any atom is -0.325 e. The van der Waals surface area contributed by atoms with E-state index < -0.39 is 5.25 Å². The number of hydrogen-bond acceptors (Lipinski definition) is 5. The summed E-state index contributed by atoms with van der Waals surface area (Å²) in [7, 11) is 0. The van der Waals surface area contributed by atoms with Crippen LogP contribution in [0, 0.1) is 11.3 Å². The molecule has 0 saturated heterocycles. The monoisotopic (exact) mass is 383 g/mol. The maximum absolute atomic E-state index is 12.4. The minimum absolute atomic E-state index is 0.189. The highest BCUT2D eigenvalue weighted by atomic mass is 35.5. The van der Waals surface area contributed by atoms with E-state index in [4.69, 9.17) is 16.9 Å². The summed E-state index contributed by atoms with van der Waals surface area (Å²) in [4.78, 5) is 12.4. The number of carbonyl (C=O) groups is 1. The van der Waals surface area contributed by atoms with E-state index in [0.29, 0.717) is 21.4 Å². The molecule has 2 aromatic carbocycles. The lowest BCUT2D eigenvalue weighted by molar-refractivity contribution is -0.115. The molecule has 6 nitrogen and oxygen atoms in total. The molecule has 0 fully saturated rings. The number of carbonyl (C=O) groups excluding carboxylic acids is 1. The van der Waals surface area contributed by atoms with Gasteiger partial charge in [-0.05, 0) is 43.3 Å². The van der Waals surface area contributed by atoms with Crippen molar-refractivity contribution >= 4 is 35.0 Å². The summed E-state index contributed by atoms with van der Waals surface area (Å²) in [6.45, 7) is 1.78. The van der Waals surface area contributed by atoms with Crippen LogP contribution in [-0.4, -0.2) is 25.9 Å². The van der Waals surface area contributed by atoms with Crippen LogP contribution in [0.2, 0.25) is 5.02 Å². The van der Waals surface area contributed by atoms with E-state index >= 15 is 0 Å². The number of aromatic nitrogens is 3. The number of benzene rings is 2. The number of rotatable bonds is 5. The Morgan fingerprint density at radius 3 is 2.88 bits per heavy atom. The molecule has 8 heteroatoms. The van der Waals surface area contributed by atoms with E-state index in [1.807, 2.05) is 18.2 Å². The Morgan fingerprint density at radius 2 is 2.12 bits per heavy atom. The van der Waals surface area contributed by atoms with Gasteiger partial charge < -0.3 is 5.32 Å². The van der Waals surface area contributed by atoms with Crippen molar-refractivity contribution in [1.82, 2.24) is 14.8 Å². The third-order valence-electron chi connectivity index (χ3n) is 3.51. The van der Waals surface area contributed by atoms with Gasteiger partial charge in [0.05, 0.1) is 22.6 Å². The van der Waals surface area contributed by atoms with Gasteiger partial charge in [0, 0.05) is 10.7 Å². The highest BCUT2D eigenvalue weighted by Crippen LogP contribution is 2.25. The van der Waals surface area contributed by atoms with Crippen LogP contribution < -0.4 is 5.32 Å². The topological polar surface area (TPSA) is 83.6 Å². The van der Waals surface area contributed by atoms with Crippen molar-refractivity contribution in [2.45, 2.75) is 17.3 Å². The number of thioether (sulfide) groups is 1. The molecule has 1 heterocycles. The molecule has 26 heavy (non-hydrogen) atoms. The third-order valence-corrected chi connectivity index (χ3v) is 4.81. The first-order valence-corrected chi connectivity index (χ1v) is 8.96. The lowest BCUT2D eigenvalue weighted by Gasteiger charge is -2.12. The first-order valence-electron chi connectivity index (χ1n) is 7.70. The smallest absolute Gasteiger partial charge is 0.237 e. The molecule has 0 spiro atoms. The lowest BCUT2D eigenvalue weighted by Crippen LogP contribution is -2.22. The average molecular weight is 384 g/mol. The van der Waals surface area contributed by atoms with Gasteiger partial charge in [0.15, 0.2) is 5.16 Å². The summed E-state index contributed by atoms with van der Waals surface area (Å²) in [5, 5.41) is 20.5. The zero-order chi connectivity index (χ0) is 18.5. The number of hydrogen-bond donors (Lipinski definition) is 1. The normalized spacial score (nSPS) is 11.6. The highest BCUT2D eigenvalue weighted by molar-refractivity contribution is 8.00. The molecule has 0 aliphatic heterocycles. The van der Waals surface area contributed by atoms with Gasteiger partial charge in [-0.25, -0.2) is 0 Å². The van der Waals surface area contributed by atoms with Gasteiger partial charge in [-0.3, -0.25) is 9.36 Å². The quantitative estimate of drug-likeness (QED) is 0.675. The molecule has 130 valence electrons. The molecule has 0 saturated carbocycles. The molecule has 1 aromatic heterocycles. The molecule has 1 amide bonds. The lowest BCUT2D eigenvalue weighted by atomic mass is 10.2. The summed E-state index contributed by atoms with van der Waals surface area (Å²) in [5.41, 5.74) is 1.89. The number of nitrogens with one attached hydrogen (secondary N) is 1. The van der Waals surface area contributed by atoms with Gasteiger partial charge in [0.1, 0.15) is 6.33 Å². The van der Waals surface area contributed by atoms with Crippen molar-refractivity contribution in [3.05, 3.63) is 65.4 Å². The second-order valence-electron chi connectivity index (χ2n) is 5.41. The molecule has 3 aromatic rings. The highest BCUT2D eigenvalue weighted by Gasteiger charge is 2.18. The summed E-state index contributed by atoms with van der Waals surface area (Å²) in [5.74, 6) is -0.189. The maximum atomic E-state index is 12.4. The van der Waals surface area contributed by atoms with E-state index in [1.54, 1.807) is 54.2 Å². The van der Waals surface area contributed by atoms with E-state index in [1.165, 1.54) is 11.8 Å². The Morgan fingerprint density at radius 1 is 1.31 bits per heavy atom. The van der Waals surface area contributed by atoms with E-state index in [2.05, 4.69) is 15.5 Å². The van der Waals surface area contributed by atoms with Gasteiger partial charge in [0.25, 0.3) is 0 Å². The zero-order valence-corrected chi connectivity index (χ0v) is 15.3. The predicted molar refractivity (Wildman–Crippen MR) is 101 cm³/mol. The van der Waals surface area contributed by atoms with Crippen molar-refractivity contribution < 1.29 is 4.79 Å². The fourth-order valence-corrected chi connectivity index (χ4v) is 3.26. The standard InChI is InChI=1S/C18H14ClN5OS/c1-12(17(25)22-15-6-2-4-13(8-15)10-20)26-18-23-21-11-24(18)16-7-3-5-14(19)9-16/h2-9,11-12H,1H3,(H,22,25). The van der Waals surface area contributed by atoms with Gasteiger partial charge in [-0.1, -0.05) is 35.5 Å². The van der Waals surface area contributed by atoms with Crippen LogP contribution in [-0.2, 0) is 4.79 Å². The Kier molecular flexibility index (Phi) is 5.56. The predicted octanol–water partition coefficient (Wildman–Crippen LogP) is 3.91. The molecular weight excluding hydrogens is 370 g/mol. The third kappa shape index (κ3) is 4.23. The first-order chi connectivity index (χ1) is 12.6. The Labute approximate surface area is 159 Å². The molecule has 1 unspecified atom stereocenters. The Hall–Kier alpha value is -2.82. The van der Waals surface area contributed by atoms with Crippen molar-refractivity contribution in [3.63, 3.8) is 0 Å². The number of anilines is 1. The van der Waals surface area contributed by atoms with E-state index in [0.717, 1.165) is 5.69 Å². The zero-order valence-electron chi connectivity index (χ0n) is 13.8. The molecule has 1 N–H and O–H groups in total. The van der Waals surface area contributed by atoms with Gasteiger partial charge >= 0.3 is 0 Å². The van der Waals surface area contributed by atoms with Crippen LogP contribution in [0.4, 0.5) is 5.69 Å². The molecule has 0 aliphatic carbocycles. The number of nitrogens with zero attached hydrogens (tertiary/aromatic N) is 4. The molecule has 0 bridgehead atoms. The maximum Gasteiger partial charge on any atom is 0.237 e. The summed E-state index contributed by atoms with van der Waals surface area (Å²) in [6, 6.07) is 16.1. The molecule has 1 atom stereocenters. The van der Waals surface area contributed by atoms with Crippen LogP contribution in [0.5, 0.6) is 0 Å². The molecule has 0 radical (unpaired) electrons. The second-order valence-corrected chi connectivity index (χ2v) is 7.15. The van der Waals surface area contributed by atoms with Crippen LogP contribution >= 0.6 is 23.4 Å². The number of nitriles is 1. The summed E-state index contributed by atoms with van der Waals surface area (Å²) in [6.07, 6.45) is 1.58. The van der Waals surface area contributed by atoms with Gasteiger partial charge in [0.2, 0.25) is 5.91 Å². The number of halogens is 1. The minimum atomic E-state index is -0.414. The van der Waals surface area contributed by atoms with Crippen LogP contribution in [0.3, 0.4) is 0 Å². The molecule has 3 rings (SSSR count). The first kappa shape index (κ1) is 18.0. The van der Waals surface area contributed by atoms with Gasteiger partial charge in [-0.15, -0.1) is 10.2 Å². The largest absolute Gasteiger partial charge is 0.325 e. The van der Waals surface area contributed by atoms with Crippen LogP contribution in [0.15, 0.2) is 60.0 Å². The van der Waals surface area contributed by atoms with Crippen molar-refractivity contribution in [3.8, 4) is 11.8 Å². The van der Waals surface area contributed by atoms with Crippen molar-refractivity contribution in [2.75, 3.05) is 5.32 Å². The van der Waals surface area contributed by atoms with Crippen LogP contribution in [0.25, 0.3) is 5.69 Å². The molecule has 0 aliphatic rings. The van der Waals surface area contributed by atoms with Crippen molar-refractivity contribution in [2.24, 2.45) is 0 Å².